The van der Waals surface area contributed by atoms with Crippen molar-refractivity contribution in [2.24, 2.45) is 7.05 Å². The van der Waals surface area contributed by atoms with Crippen molar-refractivity contribution in [2.45, 2.75) is 29.8 Å². The summed E-state index contributed by atoms with van der Waals surface area (Å²) in [4.78, 5) is 29.9. The highest BCUT2D eigenvalue weighted by Crippen LogP contribution is 2.39. The van der Waals surface area contributed by atoms with Gasteiger partial charge in [0.1, 0.15) is 16.8 Å². The van der Waals surface area contributed by atoms with Crippen LogP contribution in [-0.4, -0.2) is 40.1 Å². The molecule has 1 N–H and O–H groups in total. The lowest BCUT2D eigenvalue weighted by atomic mass is 10.0. The number of rotatable bonds is 5. The van der Waals surface area contributed by atoms with Gasteiger partial charge in [-0.2, -0.15) is 0 Å². The van der Waals surface area contributed by atoms with Gasteiger partial charge in [-0.25, -0.2) is 17.7 Å². The van der Waals surface area contributed by atoms with Crippen molar-refractivity contribution in [2.75, 3.05) is 0 Å². The zero-order valence-electron chi connectivity index (χ0n) is 16.7. The van der Waals surface area contributed by atoms with Crippen molar-refractivity contribution in [3.05, 3.63) is 83.4 Å². The summed E-state index contributed by atoms with van der Waals surface area (Å²) in [7, 11) is -2.09. The second-order valence-electron chi connectivity index (χ2n) is 7.76. The molecule has 0 radical (unpaired) electrons. The van der Waals surface area contributed by atoms with E-state index in [0.29, 0.717) is 18.7 Å². The minimum atomic E-state index is -3.93. The van der Waals surface area contributed by atoms with E-state index in [0.717, 1.165) is 9.87 Å². The molecule has 1 atom stereocenters. The molecule has 2 aliphatic rings. The highest BCUT2D eigenvalue weighted by Gasteiger charge is 2.48. The van der Waals surface area contributed by atoms with E-state index in [-0.39, 0.29) is 22.1 Å². The van der Waals surface area contributed by atoms with Crippen LogP contribution in [0.1, 0.15) is 51.0 Å². The van der Waals surface area contributed by atoms with Crippen LogP contribution in [0.25, 0.3) is 0 Å². The zero-order valence-corrected chi connectivity index (χ0v) is 17.5. The molecule has 1 saturated carbocycles. The van der Waals surface area contributed by atoms with E-state index >= 15 is 0 Å². The Balaban J connectivity index is 1.49. The van der Waals surface area contributed by atoms with Gasteiger partial charge >= 0.3 is 0 Å². The minimum Gasteiger partial charge on any atom is -0.338 e. The Labute approximate surface area is 179 Å². The standard InChI is InChI=1S/C22H20N4O4S/c1-25-12-11-23-20(25)19(14-5-3-2-4-6-14)24-21(27)15-7-10-17-18(13-15)31(29,30)26(22(17)28)16-8-9-16/h2-7,10-13,16,19H,8-9H2,1H3,(H,24,27). The average Bonchev–Trinajstić information content (AvgIpc) is 3.46. The highest BCUT2D eigenvalue weighted by atomic mass is 32.2. The van der Waals surface area contributed by atoms with E-state index in [1.807, 2.05) is 41.9 Å². The summed E-state index contributed by atoms with van der Waals surface area (Å²) in [5, 5.41) is 2.95. The lowest BCUT2D eigenvalue weighted by molar-refractivity contribution is 0.0863. The molecular formula is C22H20N4O4S. The number of hydrogen-bond acceptors (Lipinski definition) is 5. The first-order valence-electron chi connectivity index (χ1n) is 9.94. The van der Waals surface area contributed by atoms with Crippen LogP contribution in [0.5, 0.6) is 0 Å². The van der Waals surface area contributed by atoms with Gasteiger partial charge < -0.3 is 9.88 Å². The summed E-state index contributed by atoms with van der Waals surface area (Å²) in [6, 6.07) is 12.8. The Morgan fingerprint density at radius 1 is 1.16 bits per heavy atom. The minimum absolute atomic E-state index is 0.106. The van der Waals surface area contributed by atoms with Gasteiger partial charge in [0, 0.05) is 31.0 Å². The van der Waals surface area contributed by atoms with Gasteiger partial charge in [-0.1, -0.05) is 30.3 Å². The molecule has 5 rings (SSSR count). The van der Waals surface area contributed by atoms with Crippen molar-refractivity contribution in [1.82, 2.24) is 19.2 Å². The van der Waals surface area contributed by atoms with E-state index in [2.05, 4.69) is 10.3 Å². The van der Waals surface area contributed by atoms with Crippen LogP contribution in [0.15, 0.2) is 65.8 Å². The largest absolute Gasteiger partial charge is 0.338 e. The number of aromatic nitrogens is 2. The molecule has 2 aromatic carbocycles. The number of amides is 2. The SMILES string of the molecule is Cn1ccnc1C(NC(=O)c1ccc2c(c1)S(=O)(=O)N(C1CC1)C2=O)c1ccccc1. The second kappa shape index (κ2) is 7.05. The van der Waals surface area contributed by atoms with Crippen LogP contribution in [-0.2, 0) is 17.1 Å². The summed E-state index contributed by atoms with van der Waals surface area (Å²) in [6.45, 7) is 0. The molecule has 1 aliphatic carbocycles. The van der Waals surface area contributed by atoms with E-state index in [1.165, 1.54) is 18.2 Å². The Kier molecular flexibility index (Phi) is 4.44. The van der Waals surface area contributed by atoms with E-state index in [9.17, 15) is 18.0 Å². The third-order valence-electron chi connectivity index (χ3n) is 5.61. The molecule has 0 saturated heterocycles. The van der Waals surface area contributed by atoms with E-state index < -0.39 is 27.9 Å². The smallest absolute Gasteiger partial charge is 0.269 e. The van der Waals surface area contributed by atoms with Crippen LogP contribution < -0.4 is 5.32 Å². The van der Waals surface area contributed by atoms with E-state index in [1.54, 1.807) is 12.4 Å². The Morgan fingerprint density at radius 2 is 1.90 bits per heavy atom. The monoisotopic (exact) mass is 436 g/mol. The third kappa shape index (κ3) is 3.21. The van der Waals surface area contributed by atoms with Gasteiger partial charge in [-0.15, -0.1) is 0 Å². The first-order valence-corrected chi connectivity index (χ1v) is 11.4. The fraction of sp³-hybridized carbons (Fsp3) is 0.227. The topological polar surface area (TPSA) is 101 Å². The van der Waals surface area contributed by atoms with Crippen LogP contribution in [0.2, 0.25) is 0 Å². The third-order valence-corrected chi connectivity index (χ3v) is 7.49. The predicted octanol–water partition coefficient (Wildman–Crippen LogP) is 2.25. The van der Waals surface area contributed by atoms with Crippen LogP contribution >= 0.6 is 0 Å². The van der Waals surface area contributed by atoms with Gasteiger partial charge in [0.25, 0.3) is 21.8 Å². The maximum atomic E-state index is 13.1. The molecule has 1 aromatic heterocycles. The summed E-state index contributed by atoms with van der Waals surface area (Å²) >= 11 is 0. The normalized spacial score (nSPS) is 18.0. The lowest BCUT2D eigenvalue weighted by Crippen LogP contribution is -2.32. The Bertz CT molecular complexity index is 1300. The number of aryl methyl sites for hydroxylation is 1. The number of sulfonamides is 1. The van der Waals surface area contributed by atoms with Crippen molar-refractivity contribution < 1.29 is 18.0 Å². The fourth-order valence-electron chi connectivity index (χ4n) is 3.87. The number of imidazole rings is 1. The summed E-state index contributed by atoms with van der Waals surface area (Å²) in [6.07, 6.45) is 4.79. The molecule has 2 heterocycles. The molecule has 2 amide bonds. The number of fused-ring (bicyclic) bond motifs is 1. The number of carbonyl (C=O) groups is 2. The highest BCUT2D eigenvalue weighted by molar-refractivity contribution is 7.90. The summed E-state index contributed by atoms with van der Waals surface area (Å²) < 4.78 is 28.5. The molecule has 1 aliphatic heterocycles. The molecule has 3 aromatic rings. The van der Waals surface area contributed by atoms with E-state index in [4.69, 9.17) is 0 Å². The molecule has 9 heteroatoms. The molecule has 31 heavy (non-hydrogen) atoms. The van der Waals surface area contributed by atoms with Crippen molar-refractivity contribution in [3.8, 4) is 0 Å². The fourth-order valence-corrected chi connectivity index (χ4v) is 5.71. The molecule has 0 bridgehead atoms. The maximum Gasteiger partial charge on any atom is 0.269 e. The quantitative estimate of drug-likeness (QED) is 0.661. The van der Waals surface area contributed by atoms with Gasteiger partial charge in [0.2, 0.25) is 0 Å². The average molecular weight is 436 g/mol. The molecule has 1 fully saturated rings. The van der Waals surface area contributed by atoms with Gasteiger partial charge in [0.05, 0.1) is 5.56 Å². The molecule has 0 spiro atoms. The van der Waals surface area contributed by atoms with Crippen molar-refractivity contribution in [1.29, 1.82) is 0 Å². The Hall–Kier alpha value is -3.46. The van der Waals surface area contributed by atoms with Crippen LogP contribution in [0.4, 0.5) is 0 Å². The van der Waals surface area contributed by atoms with Gasteiger partial charge in [0.15, 0.2) is 0 Å². The molecule has 1 unspecified atom stereocenters. The first kappa shape index (κ1) is 19.5. The zero-order chi connectivity index (χ0) is 21.8. The lowest BCUT2D eigenvalue weighted by Gasteiger charge is -2.19. The van der Waals surface area contributed by atoms with Gasteiger partial charge in [-0.3, -0.25) is 9.59 Å². The van der Waals surface area contributed by atoms with Crippen LogP contribution in [0, 0.1) is 0 Å². The maximum absolute atomic E-state index is 13.1. The molecule has 158 valence electrons. The number of carbonyl (C=O) groups excluding carboxylic acids is 2. The summed E-state index contributed by atoms with van der Waals surface area (Å²) in [5.74, 6) is -0.324. The number of nitrogens with zero attached hydrogens (tertiary/aromatic N) is 3. The molecular weight excluding hydrogens is 416 g/mol. The van der Waals surface area contributed by atoms with Crippen molar-refractivity contribution in [3.63, 3.8) is 0 Å². The number of nitrogens with one attached hydrogen (secondary N) is 1. The second-order valence-corrected chi connectivity index (χ2v) is 9.54. The Morgan fingerprint density at radius 3 is 2.55 bits per heavy atom. The first-order chi connectivity index (χ1) is 14.9. The van der Waals surface area contributed by atoms with Gasteiger partial charge in [-0.05, 0) is 36.6 Å². The van der Waals surface area contributed by atoms with Crippen LogP contribution in [0.3, 0.4) is 0 Å². The number of hydrogen-bond donors (Lipinski definition) is 1. The number of benzene rings is 2. The van der Waals surface area contributed by atoms with Crippen molar-refractivity contribution >= 4 is 21.8 Å². The molecule has 8 nitrogen and oxygen atoms in total. The summed E-state index contributed by atoms with van der Waals surface area (Å²) in [5.41, 5.74) is 1.13. The predicted molar refractivity (Wildman–Crippen MR) is 112 cm³/mol.